The number of fused-ring (bicyclic) bond motifs is 2. The molecular formula is C23H21N5O3S. The molecule has 162 valence electrons. The van der Waals surface area contributed by atoms with Gasteiger partial charge in [0.15, 0.2) is 5.84 Å². The van der Waals surface area contributed by atoms with Gasteiger partial charge in [-0.15, -0.1) is 4.40 Å². The van der Waals surface area contributed by atoms with Crippen molar-refractivity contribution in [2.45, 2.75) is 13.1 Å². The lowest BCUT2D eigenvalue weighted by Crippen LogP contribution is -2.42. The van der Waals surface area contributed by atoms with Crippen LogP contribution in [0.3, 0.4) is 0 Å². The SMILES string of the molecule is O=C(NCc1cccc(Cn2cnc3ccccc32)c1)C1=CC=CN2CCS(=O)(=O)N=C12. The van der Waals surface area contributed by atoms with Crippen LogP contribution >= 0.6 is 0 Å². The molecule has 3 aromatic rings. The van der Waals surface area contributed by atoms with Gasteiger partial charge in [-0.05, 0) is 35.4 Å². The van der Waals surface area contributed by atoms with E-state index in [0.717, 1.165) is 22.2 Å². The maximum atomic E-state index is 12.8. The Balaban J connectivity index is 1.29. The summed E-state index contributed by atoms with van der Waals surface area (Å²) in [5.74, 6) is -0.243. The van der Waals surface area contributed by atoms with Crippen LogP contribution in [0.2, 0.25) is 0 Å². The quantitative estimate of drug-likeness (QED) is 0.647. The molecule has 5 rings (SSSR count). The van der Waals surface area contributed by atoms with E-state index in [0.29, 0.717) is 13.1 Å². The number of amides is 1. The molecule has 0 saturated carbocycles. The normalized spacial score (nSPS) is 16.9. The molecule has 8 nitrogen and oxygen atoms in total. The fourth-order valence-corrected chi connectivity index (χ4v) is 4.83. The summed E-state index contributed by atoms with van der Waals surface area (Å²) in [4.78, 5) is 18.9. The minimum atomic E-state index is -3.55. The first kappa shape index (κ1) is 20.2. The molecule has 0 unspecified atom stereocenters. The molecule has 1 amide bonds. The number of benzene rings is 2. The second-order valence-corrected chi connectivity index (χ2v) is 9.43. The zero-order valence-electron chi connectivity index (χ0n) is 17.2. The molecule has 2 aromatic carbocycles. The van der Waals surface area contributed by atoms with Gasteiger partial charge in [-0.2, -0.15) is 0 Å². The Morgan fingerprint density at radius 3 is 2.84 bits per heavy atom. The van der Waals surface area contributed by atoms with Gasteiger partial charge in [0.05, 0.1) is 28.7 Å². The Bertz CT molecular complexity index is 1400. The van der Waals surface area contributed by atoms with Crippen LogP contribution in [0.5, 0.6) is 0 Å². The number of nitrogens with one attached hydrogen (secondary N) is 1. The summed E-state index contributed by atoms with van der Waals surface area (Å²) < 4.78 is 29.7. The van der Waals surface area contributed by atoms with Crippen LogP contribution in [-0.2, 0) is 27.9 Å². The summed E-state index contributed by atoms with van der Waals surface area (Å²) >= 11 is 0. The van der Waals surface area contributed by atoms with Gasteiger partial charge in [-0.3, -0.25) is 4.79 Å². The molecule has 2 aliphatic rings. The highest BCUT2D eigenvalue weighted by Gasteiger charge is 2.29. The molecule has 0 aliphatic carbocycles. The lowest BCUT2D eigenvalue weighted by Gasteiger charge is -2.28. The Labute approximate surface area is 185 Å². The lowest BCUT2D eigenvalue weighted by molar-refractivity contribution is -0.117. The fourth-order valence-electron chi connectivity index (χ4n) is 3.84. The highest BCUT2D eigenvalue weighted by Crippen LogP contribution is 2.18. The Morgan fingerprint density at radius 1 is 1.09 bits per heavy atom. The van der Waals surface area contributed by atoms with Crippen LogP contribution in [0, 0.1) is 0 Å². The van der Waals surface area contributed by atoms with E-state index in [9.17, 15) is 13.2 Å². The Hall–Kier alpha value is -3.72. The molecule has 9 heteroatoms. The number of aromatic nitrogens is 2. The summed E-state index contributed by atoms with van der Waals surface area (Å²) in [6.45, 7) is 1.27. The number of carbonyl (C=O) groups is 1. The summed E-state index contributed by atoms with van der Waals surface area (Å²) in [5, 5.41) is 2.88. The number of rotatable bonds is 5. The number of sulfonamides is 1. The van der Waals surface area contributed by atoms with Crippen molar-refractivity contribution < 1.29 is 13.2 Å². The molecule has 0 saturated heterocycles. The smallest absolute Gasteiger partial charge is 0.256 e. The number of amidine groups is 1. The third-order valence-corrected chi connectivity index (χ3v) is 6.58. The van der Waals surface area contributed by atoms with Gasteiger partial charge < -0.3 is 14.8 Å². The zero-order chi connectivity index (χ0) is 22.1. The number of hydrogen-bond donors (Lipinski definition) is 1. The van der Waals surface area contributed by atoms with Crippen LogP contribution in [0.25, 0.3) is 11.0 Å². The van der Waals surface area contributed by atoms with E-state index in [1.165, 1.54) is 0 Å². The fraction of sp³-hybridized carbons (Fsp3) is 0.174. The number of para-hydroxylation sites is 2. The molecule has 2 aliphatic heterocycles. The van der Waals surface area contributed by atoms with Crippen LogP contribution in [0.1, 0.15) is 11.1 Å². The van der Waals surface area contributed by atoms with E-state index >= 15 is 0 Å². The Morgan fingerprint density at radius 2 is 1.94 bits per heavy atom. The summed E-state index contributed by atoms with van der Waals surface area (Å²) in [7, 11) is -3.55. The van der Waals surface area contributed by atoms with Crippen molar-refractivity contribution in [3.63, 3.8) is 0 Å². The van der Waals surface area contributed by atoms with Gasteiger partial charge in [0.1, 0.15) is 0 Å². The number of allylic oxidation sites excluding steroid dienone is 2. The van der Waals surface area contributed by atoms with Gasteiger partial charge >= 0.3 is 0 Å². The number of hydrogen-bond acceptors (Lipinski definition) is 5. The highest BCUT2D eigenvalue weighted by molar-refractivity contribution is 7.90. The van der Waals surface area contributed by atoms with E-state index in [2.05, 4.69) is 19.3 Å². The van der Waals surface area contributed by atoms with E-state index in [1.807, 2.05) is 54.9 Å². The molecule has 0 atom stereocenters. The number of carbonyl (C=O) groups excluding carboxylic acids is 1. The highest BCUT2D eigenvalue weighted by atomic mass is 32.2. The van der Waals surface area contributed by atoms with Crippen molar-refractivity contribution in [2.24, 2.45) is 4.40 Å². The van der Waals surface area contributed by atoms with Gasteiger partial charge in [-0.25, -0.2) is 13.4 Å². The molecule has 1 aromatic heterocycles. The largest absolute Gasteiger partial charge is 0.348 e. The predicted molar refractivity (Wildman–Crippen MR) is 122 cm³/mol. The minimum Gasteiger partial charge on any atom is -0.348 e. The molecular weight excluding hydrogens is 426 g/mol. The molecule has 1 N–H and O–H groups in total. The molecule has 0 radical (unpaired) electrons. The van der Waals surface area contributed by atoms with E-state index in [1.54, 1.807) is 23.3 Å². The van der Waals surface area contributed by atoms with Gasteiger partial charge in [-0.1, -0.05) is 36.4 Å². The lowest BCUT2D eigenvalue weighted by atomic mass is 10.1. The summed E-state index contributed by atoms with van der Waals surface area (Å²) in [6, 6.07) is 16.0. The van der Waals surface area contributed by atoms with Crippen LogP contribution in [0.15, 0.2) is 83.2 Å². The van der Waals surface area contributed by atoms with Gasteiger partial charge in [0, 0.05) is 25.8 Å². The Kier molecular flexibility index (Phi) is 5.10. The standard InChI is InChI=1S/C23H21N5O3S/c29-23(19-7-4-10-27-11-12-32(30,31)26-22(19)27)24-14-17-5-3-6-18(13-17)15-28-16-25-20-8-1-2-9-21(20)28/h1-10,13,16H,11-12,14-15H2,(H,24,29). The van der Waals surface area contributed by atoms with Crippen molar-refractivity contribution in [1.29, 1.82) is 0 Å². The second kappa shape index (κ2) is 8.08. The first-order valence-electron chi connectivity index (χ1n) is 10.2. The summed E-state index contributed by atoms with van der Waals surface area (Å²) in [5.41, 5.74) is 4.30. The van der Waals surface area contributed by atoms with Crippen molar-refractivity contribution in [2.75, 3.05) is 12.3 Å². The van der Waals surface area contributed by atoms with Crippen molar-refractivity contribution >= 4 is 32.8 Å². The second-order valence-electron chi connectivity index (χ2n) is 7.68. The zero-order valence-corrected chi connectivity index (χ0v) is 18.0. The van der Waals surface area contributed by atoms with E-state index < -0.39 is 10.0 Å². The van der Waals surface area contributed by atoms with Gasteiger partial charge in [0.25, 0.3) is 15.9 Å². The first-order valence-corrected chi connectivity index (χ1v) is 11.8. The van der Waals surface area contributed by atoms with Crippen molar-refractivity contribution in [3.8, 4) is 0 Å². The maximum absolute atomic E-state index is 12.8. The average molecular weight is 448 g/mol. The molecule has 0 fully saturated rings. The van der Waals surface area contributed by atoms with E-state index in [4.69, 9.17) is 0 Å². The molecule has 0 spiro atoms. The molecule has 32 heavy (non-hydrogen) atoms. The number of imidazole rings is 1. The van der Waals surface area contributed by atoms with Crippen molar-refractivity contribution in [3.05, 3.63) is 89.9 Å². The average Bonchev–Trinajstić information content (AvgIpc) is 3.19. The van der Waals surface area contributed by atoms with E-state index in [-0.39, 0.29) is 29.6 Å². The maximum Gasteiger partial charge on any atom is 0.256 e. The van der Waals surface area contributed by atoms with Crippen LogP contribution in [-0.4, -0.2) is 46.9 Å². The molecule has 3 heterocycles. The van der Waals surface area contributed by atoms with Crippen molar-refractivity contribution in [1.82, 2.24) is 19.8 Å². The third-order valence-electron chi connectivity index (χ3n) is 5.43. The van der Waals surface area contributed by atoms with Crippen LogP contribution in [0.4, 0.5) is 0 Å². The number of nitrogens with zero attached hydrogens (tertiary/aromatic N) is 4. The van der Waals surface area contributed by atoms with Gasteiger partial charge in [0.2, 0.25) is 0 Å². The predicted octanol–water partition coefficient (Wildman–Crippen LogP) is 2.20. The molecule has 0 bridgehead atoms. The minimum absolute atomic E-state index is 0.0608. The van der Waals surface area contributed by atoms with Crippen LogP contribution < -0.4 is 5.32 Å². The first-order chi connectivity index (χ1) is 15.5. The third kappa shape index (κ3) is 4.06. The monoisotopic (exact) mass is 447 g/mol. The summed E-state index contributed by atoms with van der Waals surface area (Å²) in [6.07, 6.45) is 6.87. The topological polar surface area (TPSA) is 96.7 Å².